The predicted molar refractivity (Wildman–Crippen MR) is 107 cm³/mol. The van der Waals surface area contributed by atoms with Crippen molar-refractivity contribution in [2.24, 2.45) is 0 Å². The van der Waals surface area contributed by atoms with E-state index in [1.54, 1.807) is 12.1 Å². The van der Waals surface area contributed by atoms with E-state index in [2.05, 4.69) is 32.7 Å². The van der Waals surface area contributed by atoms with E-state index in [0.29, 0.717) is 24.7 Å². The van der Waals surface area contributed by atoms with Crippen LogP contribution in [0.3, 0.4) is 0 Å². The van der Waals surface area contributed by atoms with E-state index in [4.69, 9.17) is 4.74 Å². The van der Waals surface area contributed by atoms with Gasteiger partial charge in [-0.15, -0.1) is 10.2 Å². The number of nitrogens with zero attached hydrogens (tertiary/aromatic N) is 3. The van der Waals surface area contributed by atoms with E-state index in [-0.39, 0.29) is 5.91 Å². The highest BCUT2D eigenvalue weighted by Gasteiger charge is 2.17. The molecule has 27 heavy (non-hydrogen) atoms. The van der Waals surface area contributed by atoms with Crippen LogP contribution in [0.1, 0.15) is 36.7 Å². The number of carbonyl (C=O) groups is 1. The topological polar surface area (TPSA) is 79.4 Å². The van der Waals surface area contributed by atoms with E-state index in [0.717, 1.165) is 37.4 Å². The number of unbranched alkanes of at least 4 members (excludes halogenated alkanes) is 2. The first kappa shape index (κ1) is 19.1. The number of rotatable bonds is 8. The van der Waals surface area contributed by atoms with E-state index in [1.165, 1.54) is 12.8 Å². The fourth-order valence-corrected chi connectivity index (χ4v) is 2.98. The van der Waals surface area contributed by atoms with Crippen molar-refractivity contribution in [3.8, 4) is 0 Å². The van der Waals surface area contributed by atoms with Gasteiger partial charge in [-0.3, -0.25) is 4.79 Å². The lowest BCUT2D eigenvalue weighted by Gasteiger charge is -2.30. The van der Waals surface area contributed by atoms with Crippen LogP contribution >= 0.6 is 0 Å². The summed E-state index contributed by atoms with van der Waals surface area (Å²) in [5.41, 5.74) is 2.06. The quantitative estimate of drug-likeness (QED) is 0.696. The highest BCUT2D eigenvalue weighted by atomic mass is 16.5. The summed E-state index contributed by atoms with van der Waals surface area (Å²) in [6.45, 7) is 6.04. The number of aromatic nitrogens is 2. The molecule has 1 aromatic carbocycles. The molecule has 0 radical (unpaired) electrons. The van der Waals surface area contributed by atoms with Gasteiger partial charge in [-0.2, -0.15) is 0 Å². The first-order valence-electron chi connectivity index (χ1n) is 9.58. The SMILES string of the molecule is CCCCCNc1ccc(C(=O)Nc2ccccc2N2CCOCC2)nn1. The second-order valence-electron chi connectivity index (χ2n) is 6.51. The molecule has 1 amide bonds. The van der Waals surface area contributed by atoms with Gasteiger partial charge in [-0.05, 0) is 30.7 Å². The molecule has 2 aromatic rings. The van der Waals surface area contributed by atoms with Crippen molar-refractivity contribution in [1.82, 2.24) is 10.2 Å². The number of para-hydroxylation sites is 2. The third kappa shape index (κ3) is 5.40. The lowest BCUT2D eigenvalue weighted by atomic mass is 10.2. The molecule has 144 valence electrons. The Morgan fingerprint density at radius 2 is 1.93 bits per heavy atom. The number of morpholine rings is 1. The zero-order chi connectivity index (χ0) is 18.9. The van der Waals surface area contributed by atoms with E-state index in [9.17, 15) is 4.79 Å². The molecule has 0 saturated carbocycles. The van der Waals surface area contributed by atoms with Gasteiger partial charge in [0.25, 0.3) is 5.91 Å². The van der Waals surface area contributed by atoms with Crippen LogP contribution in [0.5, 0.6) is 0 Å². The van der Waals surface area contributed by atoms with Crippen molar-refractivity contribution < 1.29 is 9.53 Å². The highest BCUT2D eigenvalue weighted by Crippen LogP contribution is 2.26. The van der Waals surface area contributed by atoms with E-state index in [1.807, 2.05) is 24.3 Å². The molecule has 0 spiro atoms. The summed E-state index contributed by atoms with van der Waals surface area (Å²) in [7, 11) is 0. The molecule has 2 heterocycles. The number of hydrogen-bond acceptors (Lipinski definition) is 6. The maximum atomic E-state index is 12.6. The van der Waals surface area contributed by atoms with Gasteiger partial charge in [0.2, 0.25) is 0 Å². The third-order valence-electron chi connectivity index (χ3n) is 4.49. The predicted octanol–water partition coefficient (Wildman–Crippen LogP) is 3.17. The summed E-state index contributed by atoms with van der Waals surface area (Å²) in [5, 5.41) is 14.3. The molecular formula is C20H27N5O2. The Morgan fingerprint density at radius 3 is 2.67 bits per heavy atom. The van der Waals surface area contributed by atoms with Gasteiger partial charge >= 0.3 is 0 Å². The Labute approximate surface area is 160 Å². The lowest BCUT2D eigenvalue weighted by molar-refractivity contribution is 0.102. The summed E-state index contributed by atoms with van der Waals surface area (Å²) in [5.74, 6) is 0.428. The van der Waals surface area contributed by atoms with Gasteiger partial charge in [-0.25, -0.2) is 0 Å². The zero-order valence-electron chi connectivity index (χ0n) is 15.8. The van der Waals surface area contributed by atoms with Gasteiger partial charge < -0.3 is 20.3 Å². The van der Waals surface area contributed by atoms with Crippen LogP contribution in [-0.4, -0.2) is 49.0 Å². The number of anilines is 3. The van der Waals surface area contributed by atoms with Crippen molar-refractivity contribution in [3.63, 3.8) is 0 Å². The summed E-state index contributed by atoms with van der Waals surface area (Å²) in [6, 6.07) is 11.3. The smallest absolute Gasteiger partial charge is 0.276 e. The van der Waals surface area contributed by atoms with Gasteiger partial charge in [0.1, 0.15) is 5.82 Å². The number of carbonyl (C=O) groups excluding carboxylic acids is 1. The standard InChI is InChI=1S/C20H27N5O2/c1-2-3-6-11-21-19-10-9-17(23-24-19)20(26)22-16-7-4-5-8-18(16)25-12-14-27-15-13-25/h4-5,7-10H,2-3,6,11-15H2,1H3,(H,21,24)(H,22,26). The van der Waals surface area contributed by atoms with Crippen molar-refractivity contribution in [2.75, 3.05) is 48.4 Å². The van der Waals surface area contributed by atoms with Crippen LogP contribution in [0.4, 0.5) is 17.2 Å². The fourth-order valence-electron chi connectivity index (χ4n) is 2.98. The maximum Gasteiger partial charge on any atom is 0.276 e. The van der Waals surface area contributed by atoms with Gasteiger partial charge in [0, 0.05) is 19.6 Å². The van der Waals surface area contributed by atoms with Crippen LogP contribution in [0.15, 0.2) is 36.4 Å². The van der Waals surface area contributed by atoms with Crippen molar-refractivity contribution in [3.05, 3.63) is 42.1 Å². The second kappa shape index (κ2) is 9.87. The van der Waals surface area contributed by atoms with Crippen LogP contribution in [0.25, 0.3) is 0 Å². The largest absolute Gasteiger partial charge is 0.378 e. The van der Waals surface area contributed by atoms with E-state index < -0.39 is 0 Å². The average Bonchev–Trinajstić information content (AvgIpc) is 2.73. The monoisotopic (exact) mass is 369 g/mol. The Balaban J connectivity index is 1.62. The zero-order valence-corrected chi connectivity index (χ0v) is 15.8. The van der Waals surface area contributed by atoms with Crippen LogP contribution in [-0.2, 0) is 4.74 Å². The average molecular weight is 369 g/mol. The molecule has 1 aliphatic rings. The minimum Gasteiger partial charge on any atom is -0.378 e. The van der Waals surface area contributed by atoms with Crippen LogP contribution < -0.4 is 15.5 Å². The third-order valence-corrected chi connectivity index (χ3v) is 4.49. The molecule has 3 rings (SSSR count). The van der Waals surface area contributed by atoms with Gasteiger partial charge in [-0.1, -0.05) is 31.9 Å². The summed E-state index contributed by atoms with van der Waals surface area (Å²) in [6.07, 6.45) is 3.46. The van der Waals surface area contributed by atoms with Crippen molar-refractivity contribution in [1.29, 1.82) is 0 Å². The summed E-state index contributed by atoms with van der Waals surface area (Å²) < 4.78 is 5.41. The Hall–Kier alpha value is -2.67. The minimum absolute atomic E-state index is 0.263. The van der Waals surface area contributed by atoms with Crippen LogP contribution in [0, 0.1) is 0 Å². The molecule has 0 unspecified atom stereocenters. The molecule has 1 aromatic heterocycles. The molecular weight excluding hydrogens is 342 g/mol. The number of nitrogens with one attached hydrogen (secondary N) is 2. The molecule has 0 bridgehead atoms. The Morgan fingerprint density at radius 1 is 1.11 bits per heavy atom. The molecule has 1 aliphatic heterocycles. The highest BCUT2D eigenvalue weighted by molar-refractivity contribution is 6.04. The normalized spacial score (nSPS) is 14.0. The number of hydrogen-bond donors (Lipinski definition) is 2. The first-order valence-corrected chi connectivity index (χ1v) is 9.58. The first-order chi connectivity index (χ1) is 13.3. The number of amides is 1. The Bertz CT molecular complexity index is 729. The molecule has 0 atom stereocenters. The fraction of sp³-hybridized carbons (Fsp3) is 0.450. The van der Waals surface area contributed by atoms with Crippen molar-refractivity contribution >= 4 is 23.1 Å². The van der Waals surface area contributed by atoms with Crippen LogP contribution in [0.2, 0.25) is 0 Å². The molecule has 1 fully saturated rings. The van der Waals surface area contributed by atoms with Crippen molar-refractivity contribution in [2.45, 2.75) is 26.2 Å². The van der Waals surface area contributed by atoms with Gasteiger partial charge in [0.15, 0.2) is 5.69 Å². The van der Waals surface area contributed by atoms with Gasteiger partial charge in [0.05, 0.1) is 24.6 Å². The second-order valence-corrected chi connectivity index (χ2v) is 6.51. The molecule has 7 nitrogen and oxygen atoms in total. The molecule has 0 aliphatic carbocycles. The Kier molecular flexibility index (Phi) is 6.98. The minimum atomic E-state index is -0.263. The lowest BCUT2D eigenvalue weighted by Crippen LogP contribution is -2.36. The molecule has 1 saturated heterocycles. The molecule has 2 N–H and O–H groups in total. The maximum absolute atomic E-state index is 12.6. The number of ether oxygens (including phenoxy) is 1. The summed E-state index contributed by atoms with van der Waals surface area (Å²) in [4.78, 5) is 14.8. The number of benzene rings is 1. The molecule has 7 heteroatoms. The summed E-state index contributed by atoms with van der Waals surface area (Å²) >= 11 is 0. The van der Waals surface area contributed by atoms with E-state index >= 15 is 0 Å².